The smallest absolute Gasteiger partial charge is 0.314 e. The van der Waals surface area contributed by atoms with Gasteiger partial charge in [0.1, 0.15) is 0 Å². The first-order chi connectivity index (χ1) is 11.3. The fraction of sp³-hybridized carbons (Fsp3) is 0.611. The number of benzene rings is 1. The molecule has 0 unspecified atom stereocenters. The fourth-order valence-corrected chi connectivity index (χ4v) is 3.32. The van der Waals surface area contributed by atoms with Crippen LogP contribution in [0.1, 0.15) is 30.4 Å². The minimum atomic E-state index is -0.0792. The summed E-state index contributed by atoms with van der Waals surface area (Å²) in [5.41, 5.74) is 2.93. The molecule has 2 amide bonds. The van der Waals surface area contributed by atoms with Gasteiger partial charge in [-0.25, -0.2) is 4.79 Å². The van der Waals surface area contributed by atoms with Crippen LogP contribution in [-0.4, -0.2) is 49.8 Å². The van der Waals surface area contributed by atoms with Gasteiger partial charge in [-0.05, 0) is 36.8 Å². The molecule has 2 aliphatic heterocycles. The summed E-state index contributed by atoms with van der Waals surface area (Å²) in [5, 5.41) is 5.82. The summed E-state index contributed by atoms with van der Waals surface area (Å²) < 4.78 is 5.49. The Morgan fingerprint density at radius 2 is 2.13 bits per heavy atom. The van der Waals surface area contributed by atoms with Crippen LogP contribution < -0.4 is 10.6 Å². The molecule has 126 valence electrons. The van der Waals surface area contributed by atoms with Gasteiger partial charge in [0, 0.05) is 39.3 Å². The van der Waals surface area contributed by atoms with E-state index in [9.17, 15) is 4.79 Å². The number of hydrogen-bond donors (Lipinski definition) is 2. The van der Waals surface area contributed by atoms with E-state index >= 15 is 0 Å². The van der Waals surface area contributed by atoms with E-state index in [-0.39, 0.29) is 12.1 Å². The van der Waals surface area contributed by atoms with Gasteiger partial charge in [-0.2, -0.15) is 0 Å². The molecule has 2 N–H and O–H groups in total. The maximum atomic E-state index is 11.7. The molecule has 0 radical (unpaired) electrons. The minimum absolute atomic E-state index is 0.0792. The Balaban J connectivity index is 1.27. The third kappa shape index (κ3) is 4.94. The van der Waals surface area contributed by atoms with E-state index in [0.29, 0.717) is 6.54 Å². The minimum Gasteiger partial charge on any atom is -0.376 e. The number of nitrogens with one attached hydrogen (secondary N) is 2. The van der Waals surface area contributed by atoms with Crippen molar-refractivity contribution in [2.45, 2.75) is 38.3 Å². The Morgan fingerprint density at radius 1 is 1.26 bits per heavy atom. The van der Waals surface area contributed by atoms with E-state index in [0.717, 1.165) is 58.5 Å². The SMILES string of the molecule is O=C(NCCCN1CCc2ccccc2C1)NC[C@H]1CCCO1. The summed E-state index contributed by atoms with van der Waals surface area (Å²) in [4.78, 5) is 14.2. The van der Waals surface area contributed by atoms with Crippen LogP contribution in [0, 0.1) is 0 Å². The lowest BCUT2D eigenvalue weighted by molar-refractivity contribution is 0.111. The van der Waals surface area contributed by atoms with Crippen LogP contribution in [0.15, 0.2) is 24.3 Å². The van der Waals surface area contributed by atoms with Gasteiger partial charge in [-0.15, -0.1) is 0 Å². The molecule has 0 spiro atoms. The van der Waals surface area contributed by atoms with E-state index in [1.54, 1.807) is 0 Å². The van der Waals surface area contributed by atoms with Crippen LogP contribution in [0.2, 0.25) is 0 Å². The number of carbonyl (C=O) groups excluding carboxylic acids is 1. The predicted octanol–water partition coefficient (Wildman–Crippen LogP) is 1.91. The summed E-state index contributed by atoms with van der Waals surface area (Å²) in [6.45, 7) is 5.33. The Hall–Kier alpha value is -1.59. The Labute approximate surface area is 138 Å². The maximum Gasteiger partial charge on any atom is 0.314 e. The van der Waals surface area contributed by atoms with Gasteiger partial charge in [0.05, 0.1) is 6.10 Å². The number of urea groups is 1. The van der Waals surface area contributed by atoms with Crippen molar-refractivity contribution in [2.75, 3.05) is 32.8 Å². The van der Waals surface area contributed by atoms with Crippen molar-refractivity contribution in [3.8, 4) is 0 Å². The van der Waals surface area contributed by atoms with Crippen LogP contribution in [0.25, 0.3) is 0 Å². The van der Waals surface area contributed by atoms with Gasteiger partial charge < -0.3 is 15.4 Å². The molecule has 0 aliphatic carbocycles. The first-order valence-electron chi connectivity index (χ1n) is 8.74. The number of ether oxygens (including phenoxy) is 1. The molecule has 1 aromatic carbocycles. The molecule has 0 saturated carbocycles. The van der Waals surface area contributed by atoms with Crippen molar-refractivity contribution in [3.63, 3.8) is 0 Å². The molecular weight excluding hydrogens is 290 g/mol. The molecule has 2 heterocycles. The van der Waals surface area contributed by atoms with E-state index in [1.165, 1.54) is 11.1 Å². The second kappa shape index (κ2) is 8.31. The van der Waals surface area contributed by atoms with Crippen molar-refractivity contribution in [1.82, 2.24) is 15.5 Å². The molecule has 1 aromatic rings. The highest BCUT2D eigenvalue weighted by Crippen LogP contribution is 2.18. The van der Waals surface area contributed by atoms with Gasteiger partial charge in [0.25, 0.3) is 0 Å². The Morgan fingerprint density at radius 3 is 2.96 bits per heavy atom. The highest BCUT2D eigenvalue weighted by atomic mass is 16.5. The molecule has 2 aliphatic rings. The van der Waals surface area contributed by atoms with E-state index < -0.39 is 0 Å². The number of nitrogens with zero attached hydrogens (tertiary/aromatic N) is 1. The topological polar surface area (TPSA) is 53.6 Å². The van der Waals surface area contributed by atoms with Gasteiger partial charge >= 0.3 is 6.03 Å². The summed E-state index contributed by atoms with van der Waals surface area (Å²) in [5.74, 6) is 0. The second-order valence-corrected chi connectivity index (χ2v) is 6.42. The fourth-order valence-electron chi connectivity index (χ4n) is 3.32. The highest BCUT2D eigenvalue weighted by molar-refractivity contribution is 5.73. The quantitative estimate of drug-likeness (QED) is 0.788. The van der Waals surface area contributed by atoms with Crippen molar-refractivity contribution in [3.05, 3.63) is 35.4 Å². The molecule has 3 rings (SSSR count). The van der Waals surface area contributed by atoms with Crippen molar-refractivity contribution in [2.24, 2.45) is 0 Å². The lowest BCUT2D eigenvalue weighted by Gasteiger charge is -2.28. The number of carbonyl (C=O) groups is 1. The zero-order valence-electron chi connectivity index (χ0n) is 13.7. The summed E-state index contributed by atoms with van der Waals surface area (Å²) in [6.07, 6.45) is 4.47. The molecule has 23 heavy (non-hydrogen) atoms. The normalized spacial score (nSPS) is 21.0. The second-order valence-electron chi connectivity index (χ2n) is 6.42. The van der Waals surface area contributed by atoms with Crippen LogP contribution >= 0.6 is 0 Å². The third-order valence-corrected chi connectivity index (χ3v) is 4.66. The van der Waals surface area contributed by atoms with Crippen LogP contribution in [0.3, 0.4) is 0 Å². The Bertz CT molecular complexity index is 515. The predicted molar refractivity (Wildman–Crippen MR) is 90.4 cm³/mol. The largest absolute Gasteiger partial charge is 0.376 e. The number of rotatable bonds is 6. The summed E-state index contributed by atoms with van der Waals surface area (Å²) >= 11 is 0. The Kier molecular flexibility index (Phi) is 5.88. The van der Waals surface area contributed by atoms with Crippen LogP contribution in [-0.2, 0) is 17.7 Å². The number of fused-ring (bicyclic) bond motifs is 1. The average molecular weight is 317 g/mol. The van der Waals surface area contributed by atoms with Crippen molar-refractivity contribution < 1.29 is 9.53 Å². The van der Waals surface area contributed by atoms with Crippen molar-refractivity contribution in [1.29, 1.82) is 0 Å². The molecule has 1 atom stereocenters. The zero-order chi connectivity index (χ0) is 15.9. The molecule has 5 nitrogen and oxygen atoms in total. The molecule has 5 heteroatoms. The van der Waals surface area contributed by atoms with E-state index in [2.05, 4.69) is 39.8 Å². The first kappa shape index (κ1) is 16.3. The highest BCUT2D eigenvalue weighted by Gasteiger charge is 2.16. The lowest BCUT2D eigenvalue weighted by Crippen LogP contribution is -2.40. The number of amides is 2. The van der Waals surface area contributed by atoms with Gasteiger partial charge in [0.2, 0.25) is 0 Å². The van der Waals surface area contributed by atoms with Crippen molar-refractivity contribution >= 4 is 6.03 Å². The van der Waals surface area contributed by atoms with E-state index in [4.69, 9.17) is 4.74 Å². The molecule has 0 aromatic heterocycles. The third-order valence-electron chi connectivity index (χ3n) is 4.66. The molecular formula is C18H27N3O2. The molecule has 0 bridgehead atoms. The first-order valence-corrected chi connectivity index (χ1v) is 8.74. The van der Waals surface area contributed by atoms with Crippen LogP contribution in [0.4, 0.5) is 4.79 Å². The summed E-state index contributed by atoms with van der Waals surface area (Å²) in [6, 6.07) is 8.60. The maximum absolute atomic E-state index is 11.7. The monoisotopic (exact) mass is 317 g/mol. The average Bonchev–Trinajstić information content (AvgIpc) is 3.10. The van der Waals surface area contributed by atoms with Crippen LogP contribution in [0.5, 0.6) is 0 Å². The summed E-state index contributed by atoms with van der Waals surface area (Å²) in [7, 11) is 0. The standard InChI is InChI=1S/C18H27N3O2/c22-18(20-13-17-7-3-12-23-17)19-9-4-10-21-11-8-15-5-1-2-6-16(15)14-21/h1-2,5-6,17H,3-4,7-14H2,(H2,19,20,22)/t17-/m1/s1. The van der Waals surface area contributed by atoms with Gasteiger partial charge in [0.15, 0.2) is 0 Å². The molecule has 1 saturated heterocycles. The number of hydrogen-bond acceptors (Lipinski definition) is 3. The van der Waals surface area contributed by atoms with Gasteiger partial charge in [-0.1, -0.05) is 24.3 Å². The zero-order valence-corrected chi connectivity index (χ0v) is 13.7. The van der Waals surface area contributed by atoms with Gasteiger partial charge in [-0.3, -0.25) is 4.90 Å². The lowest BCUT2D eigenvalue weighted by atomic mass is 10.00. The molecule has 1 fully saturated rings. The van der Waals surface area contributed by atoms with E-state index in [1.807, 2.05) is 0 Å².